The van der Waals surface area contributed by atoms with Gasteiger partial charge in [0, 0.05) is 11.6 Å². The van der Waals surface area contributed by atoms with Crippen LogP contribution in [0.25, 0.3) is 11.5 Å². The number of carbonyl (C=O) groups excluding carboxylic acids is 1. The Balaban J connectivity index is 2.01. The third-order valence-corrected chi connectivity index (χ3v) is 4.20. The van der Waals surface area contributed by atoms with Gasteiger partial charge in [-0.25, -0.2) is 0 Å². The highest BCUT2D eigenvalue weighted by atomic mass is 32.2. The summed E-state index contributed by atoms with van der Waals surface area (Å²) in [5, 5.41) is 11.2. The summed E-state index contributed by atoms with van der Waals surface area (Å²) in [5.41, 5.74) is 0.719. The molecule has 0 radical (unpaired) electrons. The van der Waals surface area contributed by atoms with Crippen LogP contribution in [-0.4, -0.2) is 42.1 Å². The minimum Gasteiger partial charge on any atom is -0.493 e. The van der Waals surface area contributed by atoms with Gasteiger partial charge in [-0.2, -0.15) is 0 Å². The molecule has 24 heavy (non-hydrogen) atoms. The summed E-state index contributed by atoms with van der Waals surface area (Å²) in [4.78, 5) is 11.8. The first-order chi connectivity index (χ1) is 11.6. The first kappa shape index (κ1) is 18.1. The van der Waals surface area contributed by atoms with E-state index in [0.29, 0.717) is 22.6 Å². The van der Waals surface area contributed by atoms with E-state index in [1.54, 1.807) is 32.4 Å². The lowest BCUT2D eigenvalue weighted by atomic mass is 10.2. The molecule has 0 saturated heterocycles. The maximum Gasteiger partial charge on any atom is 0.277 e. The third-order valence-electron chi connectivity index (χ3n) is 3.38. The fourth-order valence-electron chi connectivity index (χ4n) is 1.90. The number of methoxy groups -OCH3 is 2. The molecule has 0 saturated carbocycles. The Labute approximate surface area is 145 Å². The highest BCUT2D eigenvalue weighted by molar-refractivity contribution is 7.99. The molecule has 0 spiro atoms. The van der Waals surface area contributed by atoms with E-state index in [2.05, 4.69) is 15.5 Å². The quantitative estimate of drug-likeness (QED) is 0.732. The molecular formula is C16H21N3O4S. The molecule has 0 bridgehead atoms. The Bertz CT molecular complexity index is 690. The van der Waals surface area contributed by atoms with Gasteiger partial charge in [0.15, 0.2) is 11.5 Å². The van der Waals surface area contributed by atoms with Crippen LogP contribution < -0.4 is 14.8 Å². The number of nitrogens with one attached hydrogen (secondary N) is 1. The van der Waals surface area contributed by atoms with Gasteiger partial charge in [0.1, 0.15) is 0 Å². The number of hydrogen-bond donors (Lipinski definition) is 1. The number of nitrogens with zero attached hydrogens (tertiary/aromatic N) is 2. The number of amides is 1. The van der Waals surface area contributed by atoms with Crippen molar-refractivity contribution in [1.82, 2.24) is 15.5 Å². The fraction of sp³-hybridized carbons (Fsp3) is 0.438. The first-order valence-corrected chi connectivity index (χ1v) is 8.54. The molecule has 0 aliphatic rings. The zero-order valence-electron chi connectivity index (χ0n) is 14.2. The van der Waals surface area contributed by atoms with E-state index in [1.807, 2.05) is 13.8 Å². The number of rotatable bonds is 8. The molecule has 1 heterocycles. The normalized spacial score (nSPS) is 11.8. The Morgan fingerprint density at radius 1 is 1.29 bits per heavy atom. The zero-order valence-corrected chi connectivity index (χ0v) is 15.0. The second kappa shape index (κ2) is 8.58. The summed E-state index contributed by atoms with van der Waals surface area (Å²) in [6, 6.07) is 5.49. The number of carbonyl (C=O) groups is 1. The van der Waals surface area contributed by atoms with Crippen molar-refractivity contribution in [2.24, 2.45) is 0 Å². The van der Waals surface area contributed by atoms with Crippen LogP contribution in [0.3, 0.4) is 0 Å². The second-order valence-corrected chi connectivity index (χ2v) is 6.03. The molecule has 0 aliphatic carbocycles. The molecule has 1 amide bonds. The minimum atomic E-state index is -0.0554. The van der Waals surface area contributed by atoms with Crippen molar-refractivity contribution in [3.63, 3.8) is 0 Å². The van der Waals surface area contributed by atoms with Crippen LogP contribution in [0.15, 0.2) is 27.8 Å². The van der Waals surface area contributed by atoms with Crippen molar-refractivity contribution in [3.05, 3.63) is 18.2 Å². The van der Waals surface area contributed by atoms with Crippen LogP contribution in [0.5, 0.6) is 11.5 Å². The largest absolute Gasteiger partial charge is 0.493 e. The van der Waals surface area contributed by atoms with Gasteiger partial charge in [-0.1, -0.05) is 18.7 Å². The molecule has 1 aromatic heterocycles. The molecule has 8 heteroatoms. The van der Waals surface area contributed by atoms with Gasteiger partial charge < -0.3 is 19.2 Å². The Hall–Kier alpha value is -2.22. The number of thioether (sulfide) groups is 1. The monoisotopic (exact) mass is 351 g/mol. The third kappa shape index (κ3) is 4.64. The molecule has 1 atom stereocenters. The highest BCUT2D eigenvalue weighted by Gasteiger charge is 2.14. The summed E-state index contributed by atoms with van der Waals surface area (Å²) in [7, 11) is 3.13. The van der Waals surface area contributed by atoms with E-state index in [9.17, 15) is 4.79 Å². The predicted octanol–water partition coefficient (Wildman–Crippen LogP) is 2.76. The van der Waals surface area contributed by atoms with Crippen molar-refractivity contribution < 1.29 is 18.7 Å². The van der Waals surface area contributed by atoms with Crippen LogP contribution in [0.2, 0.25) is 0 Å². The summed E-state index contributed by atoms with van der Waals surface area (Å²) < 4.78 is 16.0. The number of aromatic nitrogens is 2. The zero-order chi connectivity index (χ0) is 17.5. The SMILES string of the molecule is CCC(C)NC(=O)CSc1nnc(-c2ccc(OC)c(OC)c2)o1. The number of benzene rings is 1. The van der Waals surface area contributed by atoms with Crippen LogP contribution in [-0.2, 0) is 4.79 Å². The summed E-state index contributed by atoms with van der Waals surface area (Å²) in [6.07, 6.45) is 0.889. The van der Waals surface area contributed by atoms with Crippen LogP contribution >= 0.6 is 11.8 Å². The van der Waals surface area contributed by atoms with Gasteiger partial charge in [0.05, 0.1) is 20.0 Å². The Morgan fingerprint density at radius 2 is 2.04 bits per heavy atom. The van der Waals surface area contributed by atoms with E-state index < -0.39 is 0 Å². The molecule has 0 aliphatic heterocycles. The Morgan fingerprint density at radius 3 is 2.71 bits per heavy atom. The van der Waals surface area contributed by atoms with Crippen LogP contribution in [0.1, 0.15) is 20.3 Å². The van der Waals surface area contributed by atoms with Gasteiger partial charge >= 0.3 is 0 Å². The van der Waals surface area contributed by atoms with E-state index in [0.717, 1.165) is 12.0 Å². The number of ether oxygens (including phenoxy) is 2. The molecule has 1 unspecified atom stereocenters. The average molecular weight is 351 g/mol. The molecule has 130 valence electrons. The molecule has 2 aromatic rings. The van der Waals surface area contributed by atoms with Crippen molar-refractivity contribution in [3.8, 4) is 23.0 Å². The summed E-state index contributed by atoms with van der Waals surface area (Å²) in [5.74, 6) is 1.74. The first-order valence-electron chi connectivity index (χ1n) is 7.55. The lowest BCUT2D eigenvalue weighted by molar-refractivity contribution is -0.119. The van der Waals surface area contributed by atoms with E-state index in [-0.39, 0.29) is 17.7 Å². The van der Waals surface area contributed by atoms with E-state index in [1.165, 1.54) is 11.8 Å². The summed E-state index contributed by atoms with van der Waals surface area (Å²) >= 11 is 1.21. The average Bonchev–Trinajstić information content (AvgIpc) is 3.08. The Kier molecular flexibility index (Phi) is 6.48. The van der Waals surface area contributed by atoms with Crippen molar-refractivity contribution in [2.75, 3.05) is 20.0 Å². The van der Waals surface area contributed by atoms with Gasteiger partial charge in [0.25, 0.3) is 5.22 Å². The topological polar surface area (TPSA) is 86.5 Å². The lowest BCUT2D eigenvalue weighted by Gasteiger charge is -2.09. The smallest absolute Gasteiger partial charge is 0.277 e. The predicted molar refractivity (Wildman–Crippen MR) is 91.5 cm³/mol. The summed E-state index contributed by atoms with van der Waals surface area (Å²) in [6.45, 7) is 3.98. The number of hydrogen-bond acceptors (Lipinski definition) is 7. The molecular weight excluding hydrogens is 330 g/mol. The van der Waals surface area contributed by atoms with Crippen LogP contribution in [0, 0.1) is 0 Å². The maximum atomic E-state index is 11.8. The molecule has 1 aromatic carbocycles. The van der Waals surface area contributed by atoms with Gasteiger partial charge in [-0.05, 0) is 31.5 Å². The standard InChI is InChI=1S/C16H21N3O4S/c1-5-10(2)17-14(20)9-24-16-19-18-15(23-16)11-6-7-12(21-3)13(8-11)22-4/h6-8,10H,5,9H2,1-4H3,(H,17,20). The minimum absolute atomic E-state index is 0.0554. The second-order valence-electron chi connectivity index (χ2n) is 5.11. The van der Waals surface area contributed by atoms with Gasteiger partial charge in [-0.15, -0.1) is 10.2 Å². The fourth-order valence-corrected chi connectivity index (χ4v) is 2.47. The van der Waals surface area contributed by atoms with E-state index in [4.69, 9.17) is 13.9 Å². The van der Waals surface area contributed by atoms with Gasteiger partial charge in [-0.3, -0.25) is 4.79 Å². The molecule has 1 N–H and O–H groups in total. The lowest BCUT2D eigenvalue weighted by Crippen LogP contribution is -2.33. The molecule has 7 nitrogen and oxygen atoms in total. The molecule has 2 rings (SSSR count). The highest BCUT2D eigenvalue weighted by Crippen LogP contribution is 2.32. The van der Waals surface area contributed by atoms with Crippen molar-refractivity contribution in [1.29, 1.82) is 0 Å². The van der Waals surface area contributed by atoms with Gasteiger partial charge in [0.2, 0.25) is 11.8 Å². The molecule has 0 fully saturated rings. The van der Waals surface area contributed by atoms with Crippen molar-refractivity contribution >= 4 is 17.7 Å². The van der Waals surface area contributed by atoms with Crippen molar-refractivity contribution in [2.45, 2.75) is 31.5 Å². The van der Waals surface area contributed by atoms with Crippen LogP contribution in [0.4, 0.5) is 0 Å². The maximum absolute atomic E-state index is 11.8. The van der Waals surface area contributed by atoms with E-state index >= 15 is 0 Å².